The van der Waals surface area contributed by atoms with Gasteiger partial charge in [-0.05, 0) is 51.3 Å². The van der Waals surface area contributed by atoms with Gasteiger partial charge in [-0.25, -0.2) is 0 Å². The Balaban J connectivity index is 2.70. The lowest BCUT2D eigenvalue weighted by Crippen LogP contribution is -2.12. The minimum atomic E-state index is -0.499. The van der Waals surface area contributed by atoms with E-state index in [9.17, 15) is 4.79 Å². The average molecular weight is 304 g/mol. The van der Waals surface area contributed by atoms with E-state index < -0.39 is 5.38 Å². The summed E-state index contributed by atoms with van der Waals surface area (Å²) < 4.78 is 2.18. The van der Waals surface area contributed by atoms with E-state index in [4.69, 9.17) is 11.6 Å². The van der Waals surface area contributed by atoms with Crippen LogP contribution in [-0.2, 0) is 6.42 Å². The Bertz CT molecular complexity index is 683. The molecule has 0 aliphatic rings. The van der Waals surface area contributed by atoms with Crippen LogP contribution in [0.4, 0.5) is 0 Å². The van der Waals surface area contributed by atoms with Gasteiger partial charge in [-0.3, -0.25) is 4.79 Å². The number of benzene rings is 1. The predicted octanol–water partition coefficient (Wildman–Crippen LogP) is 4.77. The molecule has 2 rings (SSSR count). The SMILES string of the molecule is CCc1cccc(C)c1-n1c(C)cc(C(=O)C(C)Cl)c1C. The van der Waals surface area contributed by atoms with Crippen molar-refractivity contribution in [2.75, 3.05) is 0 Å². The Hall–Kier alpha value is -1.54. The van der Waals surface area contributed by atoms with Crippen LogP contribution in [0.15, 0.2) is 24.3 Å². The van der Waals surface area contributed by atoms with E-state index in [0.29, 0.717) is 0 Å². The van der Waals surface area contributed by atoms with Crippen molar-refractivity contribution in [1.29, 1.82) is 0 Å². The van der Waals surface area contributed by atoms with Gasteiger partial charge in [-0.2, -0.15) is 0 Å². The predicted molar refractivity (Wildman–Crippen MR) is 89.0 cm³/mol. The van der Waals surface area contributed by atoms with Gasteiger partial charge in [0.2, 0.25) is 0 Å². The molecule has 0 spiro atoms. The van der Waals surface area contributed by atoms with Crippen molar-refractivity contribution in [2.45, 2.75) is 46.4 Å². The van der Waals surface area contributed by atoms with Gasteiger partial charge >= 0.3 is 0 Å². The number of para-hydroxylation sites is 1. The zero-order valence-electron chi connectivity index (χ0n) is 13.3. The van der Waals surface area contributed by atoms with E-state index in [-0.39, 0.29) is 5.78 Å². The molecule has 2 nitrogen and oxygen atoms in total. The van der Waals surface area contributed by atoms with Gasteiger partial charge in [0.15, 0.2) is 5.78 Å². The number of carbonyl (C=O) groups excluding carboxylic acids is 1. The number of rotatable bonds is 4. The first-order valence-electron chi connectivity index (χ1n) is 7.34. The van der Waals surface area contributed by atoms with Gasteiger partial charge in [0, 0.05) is 17.0 Å². The summed E-state index contributed by atoms with van der Waals surface area (Å²) in [5, 5.41) is -0.499. The first kappa shape index (κ1) is 15.8. The molecule has 1 unspecified atom stereocenters. The molecule has 1 aromatic heterocycles. The van der Waals surface area contributed by atoms with Crippen LogP contribution in [0.5, 0.6) is 0 Å². The van der Waals surface area contributed by atoms with Crippen LogP contribution in [0.2, 0.25) is 0 Å². The summed E-state index contributed by atoms with van der Waals surface area (Å²) in [7, 11) is 0. The van der Waals surface area contributed by atoms with Crippen LogP contribution < -0.4 is 0 Å². The van der Waals surface area contributed by atoms with Crippen molar-refractivity contribution < 1.29 is 4.79 Å². The van der Waals surface area contributed by atoms with Crippen LogP contribution in [-0.4, -0.2) is 15.7 Å². The Morgan fingerprint density at radius 3 is 2.52 bits per heavy atom. The molecule has 1 heterocycles. The summed E-state index contributed by atoms with van der Waals surface area (Å²) in [5.41, 5.74) is 6.45. The Kier molecular flexibility index (Phi) is 4.58. The highest BCUT2D eigenvalue weighted by molar-refractivity contribution is 6.33. The molecule has 0 saturated carbocycles. The molecule has 0 aliphatic carbocycles. The standard InChI is InChI=1S/C18H22ClNO/c1-6-15-9-7-8-11(2)17(15)20-12(3)10-16(14(20)5)18(21)13(4)19/h7-10,13H,6H2,1-5H3. The van der Waals surface area contributed by atoms with Crippen LogP contribution in [0.1, 0.15) is 46.7 Å². The van der Waals surface area contributed by atoms with Crippen molar-refractivity contribution in [2.24, 2.45) is 0 Å². The monoisotopic (exact) mass is 303 g/mol. The zero-order chi connectivity index (χ0) is 15.7. The van der Waals surface area contributed by atoms with E-state index in [0.717, 1.165) is 23.4 Å². The van der Waals surface area contributed by atoms with Crippen LogP contribution in [0.25, 0.3) is 5.69 Å². The van der Waals surface area contributed by atoms with Crippen molar-refractivity contribution in [3.05, 3.63) is 52.3 Å². The Morgan fingerprint density at radius 1 is 1.29 bits per heavy atom. The van der Waals surface area contributed by atoms with E-state index in [2.05, 4.69) is 36.6 Å². The lowest BCUT2D eigenvalue weighted by molar-refractivity contribution is 0.0991. The van der Waals surface area contributed by atoms with Crippen LogP contribution in [0, 0.1) is 20.8 Å². The average Bonchev–Trinajstić information content (AvgIpc) is 2.73. The van der Waals surface area contributed by atoms with Crippen LogP contribution in [0.3, 0.4) is 0 Å². The molecular formula is C18H22ClNO. The van der Waals surface area contributed by atoms with Crippen molar-refractivity contribution in [1.82, 2.24) is 4.57 Å². The first-order chi connectivity index (χ1) is 9.88. The smallest absolute Gasteiger partial charge is 0.182 e. The minimum absolute atomic E-state index is 0.0114. The summed E-state index contributed by atoms with van der Waals surface area (Å²) in [6.07, 6.45) is 0.962. The van der Waals surface area contributed by atoms with Gasteiger partial charge in [-0.15, -0.1) is 11.6 Å². The number of ketones is 1. The third-order valence-electron chi connectivity index (χ3n) is 3.98. The molecule has 0 saturated heterocycles. The van der Waals surface area contributed by atoms with E-state index in [1.165, 1.54) is 16.8 Å². The summed E-state index contributed by atoms with van der Waals surface area (Å²) in [6.45, 7) is 10.0. The Labute approximate surface area is 131 Å². The van der Waals surface area contributed by atoms with Gasteiger partial charge in [0.1, 0.15) is 0 Å². The molecule has 1 aromatic carbocycles. The second kappa shape index (κ2) is 6.07. The zero-order valence-corrected chi connectivity index (χ0v) is 14.1. The van der Waals surface area contributed by atoms with Crippen LogP contribution >= 0.6 is 11.6 Å². The first-order valence-corrected chi connectivity index (χ1v) is 7.78. The van der Waals surface area contributed by atoms with Gasteiger partial charge in [-0.1, -0.05) is 25.1 Å². The lowest BCUT2D eigenvalue weighted by Gasteiger charge is -2.17. The van der Waals surface area contributed by atoms with Gasteiger partial charge in [0.25, 0.3) is 0 Å². The summed E-state index contributed by atoms with van der Waals surface area (Å²) in [6, 6.07) is 8.28. The third kappa shape index (κ3) is 2.77. The second-order valence-electron chi connectivity index (χ2n) is 5.54. The fourth-order valence-electron chi connectivity index (χ4n) is 2.90. The van der Waals surface area contributed by atoms with Crippen molar-refractivity contribution in [3.8, 4) is 5.69 Å². The summed E-state index contributed by atoms with van der Waals surface area (Å²) >= 11 is 5.97. The number of aryl methyl sites for hydroxylation is 3. The fourth-order valence-corrected chi connectivity index (χ4v) is 3.01. The molecular weight excluding hydrogens is 282 g/mol. The maximum Gasteiger partial charge on any atom is 0.182 e. The minimum Gasteiger partial charge on any atom is -0.317 e. The maximum absolute atomic E-state index is 12.3. The molecule has 3 heteroatoms. The largest absolute Gasteiger partial charge is 0.317 e. The third-order valence-corrected chi connectivity index (χ3v) is 4.18. The molecule has 2 aromatic rings. The molecule has 0 bridgehead atoms. The number of carbonyl (C=O) groups is 1. The summed E-state index contributed by atoms with van der Waals surface area (Å²) in [5.74, 6) is -0.0114. The number of hydrogen-bond acceptors (Lipinski definition) is 1. The highest BCUT2D eigenvalue weighted by atomic mass is 35.5. The number of nitrogens with zero attached hydrogens (tertiary/aromatic N) is 1. The van der Waals surface area contributed by atoms with Gasteiger partial charge in [0.05, 0.1) is 11.1 Å². The van der Waals surface area contributed by atoms with Gasteiger partial charge < -0.3 is 4.57 Å². The molecule has 0 amide bonds. The number of alkyl halides is 1. The fraction of sp³-hybridized carbons (Fsp3) is 0.389. The molecule has 0 aliphatic heterocycles. The Morgan fingerprint density at radius 2 is 1.95 bits per heavy atom. The molecule has 21 heavy (non-hydrogen) atoms. The molecule has 112 valence electrons. The molecule has 0 fully saturated rings. The molecule has 0 N–H and O–H groups in total. The number of hydrogen-bond donors (Lipinski definition) is 0. The van der Waals surface area contributed by atoms with Crippen molar-refractivity contribution >= 4 is 17.4 Å². The van der Waals surface area contributed by atoms with E-state index in [1.54, 1.807) is 6.92 Å². The number of halogens is 1. The second-order valence-corrected chi connectivity index (χ2v) is 6.19. The summed E-state index contributed by atoms with van der Waals surface area (Å²) in [4.78, 5) is 12.3. The highest BCUT2D eigenvalue weighted by Crippen LogP contribution is 2.27. The topological polar surface area (TPSA) is 22.0 Å². The highest BCUT2D eigenvalue weighted by Gasteiger charge is 2.21. The van der Waals surface area contributed by atoms with Crippen molar-refractivity contribution in [3.63, 3.8) is 0 Å². The lowest BCUT2D eigenvalue weighted by atomic mass is 10.0. The number of aromatic nitrogens is 1. The molecule has 1 atom stereocenters. The number of Topliss-reactive ketones (excluding diaryl/α,β-unsaturated/α-hetero) is 1. The van der Waals surface area contributed by atoms with E-state index in [1.807, 2.05) is 19.9 Å². The molecule has 0 radical (unpaired) electrons. The van der Waals surface area contributed by atoms with E-state index >= 15 is 0 Å². The quantitative estimate of drug-likeness (QED) is 0.589. The normalized spacial score (nSPS) is 12.5. The maximum atomic E-state index is 12.3.